The SMILES string of the molecule is Cc1ccccc1C1NC(C)C(=O)N1CCN(C)C1CC1. The molecule has 114 valence electrons. The van der Waals surface area contributed by atoms with Gasteiger partial charge in [-0.05, 0) is 44.9 Å². The molecular weight excluding hydrogens is 262 g/mol. The van der Waals surface area contributed by atoms with Crippen LogP contribution in [0.1, 0.15) is 37.1 Å². The van der Waals surface area contributed by atoms with Crippen LogP contribution in [0.15, 0.2) is 24.3 Å². The first-order valence-corrected chi connectivity index (χ1v) is 7.90. The molecule has 1 saturated heterocycles. The van der Waals surface area contributed by atoms with Crippen LogP contribution in [-0.4, -0.2) is 47.9 Å². The summed E-state index contributed by atoms with van der Waals surface area (Å²) in [6.45, 7) is 5.81. The third-order valence-electron chi connectivity index (χ3n) is 4.72. The van der Waals surface area contributed by atoms with Crippen LogP contribution in [0.3, 0.4) is 0 Å². The number of aryl methyl sites for hydroxylation is 1. The van der Waals surface area contributed by atoms with Gasteiger partial charge < -0.3 is 9.80 Å². The van der Waals surface area contributed by atoms with Crippen molar-refractivity contribution in [3.05, 3.63) is 35.4 Å². The molecule has 1 heterocycles. The number of nitrogens with zero attached hydrogens (tertiary/aromatic N) is 2. The lowest BCUT2D eigenvalue weighted by Gasteiger charge is -2.28. The van der Waals surface area contributed by atoms with Gasteiger partial charge in [-0.15, -0.1) is 0 Å². The zero-order valence-corrected chi connectivity index (χ0v) is 13.2. The maximum atomic E-state index is 12.4. The third-order valence-corrected chi connectivity index (χ3v) is 4.72. The molecule has 4 nitrogen and oxygen atoms in total. The molecule has 1 aromatic rings. The fraction of sp³-hybridized carbons (Fsp3) is 0.588. The highest BCUT2D eigenvalue weighted by Crippen LogP contribution is 2.29. The monoisotopic (exact) mass is 287 g/mol. The minimum Gasteiger partial charge on any atom is -0.320 e. The van der Waals surface area contributed by atoms with E-state index in [2.05, 4.69) is 36.3 Å². The van der Waals surface area contributed by atoms with E-state index in [1.807, 2.05) is 24.0 Å². The fourth-order valence-corrected chi connectivity index (χ4v) is 3.13. The lowest BCUT2D eigenvalue weighted by molar-refractivity contribution is -0.130. The zero-order chi connectivity index (χ0) is 15.0. The van der Waals surface area contributed by atoms with Crippen molar-refractivity contribution < 1.29 is 4.79 Å². The lowest BCUT2D eigenvalue weighted by Crippen LogP contribution is -2.38. The molecule has 1 aliphatic carbocycles. The number of nitrogens with one attached hydrogen (secondary N) is 1. The van der Waals surface area contributed by atoms with E-state index in [1.165, 1.54) is 24.0 Å². The largest absolute Gasteiger partial charge is 0.320 e. The van der Waals surface area contributed by atoms with E-state index >= 15 is 0 Å². The molecule has 4 heteroatoms. The summed E-state index contributed by atoms with van der Waals surface area (Å²) in [4.78, 5) is 16.8. The van der Waals surface area contributed by atoms with Gasteiger partial charge in [0.1, 0.15) is 6.17 Å². The van der Waals surface area contributed by atoms with E-state index in [0.29, 0.717) is 0 Å². The van der Waals surface area contributed by atoms with Gasteiger partial charge in [-0.3, -0.25) is 10.1 Å². The van der Waals surface area contributed by atoms with Gasteiger partial charge in [-0.1, -0.05) is 24.3 Å². The summed E-state index contributed by atoms with van der Waals surface area (Å²) in [7, 11) is 2.16. The molecule has 2 atom stereocenters. The molecule has 2 fully saturated rings. The number of carbonyl (C=O) groups is 1. The van der Waals surface area contributed by atoms with Gasteiger partial charge in [0.2, 0.25) is 5.91 Å². The molecule has 2 aliphatic rings. The normalized spacial score (nSPS) is 25.9. The van der Waals surface area contributed by atoms with E-state index in [1.54, 1.807) is 0 Å². The van der Waals surface area contributed by atoms with E-state index < -0.39 is 0 Å². The van der Waals surface area contributed by atoms with Crippen molar-refractivity contribution in [1.29, 1.82) is 0 Å². The Hall–Kier alpha value is -1.39. The van der Waals surface area contributed by atoms with Crippen LogP contribution < -0.4 is 5.32 Å². The van der Waals surface area contributed by atoms with E-state index in [9.17, 15) is 4.79 Å². The second kappa shape index (κ2) is 5.78. The molecular formula is C17H25N3O. The highest BCUT2D eigenvalue weighted by atomic mass is 16.2. The first-order valence-electron chi connectivity index (χ1n) is 7.90. The minimum absolute atomic E-state index is 0.0151. The van der Waals surface area contributed by atoms with Crippen molar-refractivity contribution in [3.63, 3.8) is 0 Å². The number of likely N-dealkylation sites (N-methyl/N-ethyl adjacent to an activating group) is 1. The van der Waals surface area contributed by atoms with Gasteiger partial charge in [0.25, 0.3) is 0 Å². The smallest absolute Gasteiger partial charge is 0.241 e. The average Bonchev–Trinajstić information content (AvgIpc) is 3.27. The maximum absolute atomic E-state index is 12.4. The zero-order valence-electron chi connectivity index (χ0n) is 13.2. The van der Waals surface area contributed by atoms with Gasteiger partial charge in [0, 0.05) is 19.1 Å². The van der Waals surface area contributed by atoms with Gasteiger partial charge in [-0.25, -0.2) is 0 Å². The molecule has 21 heavy (non-hydrogen) atoms. The molecule has 0 spiro atoms. The van der Waals surface area contributed by atoms with Gasteiger partial charge >= 0.3 is 0 Å². The van der Waals surface area contributed by atoms with Crippen LogP contribution in [0.2, 0.25) is 0 Å². The fourth-order valence-electron chi connectivity index (χ4n) is 3.13. The maximum Gasteiger partial charge on any atom is 0.241 e. The second-order valence-corrected chi connectivity index (χ2v) is 6.39. The topological polar surface area (TPSA) is 35.6 Å². The van der Waals surface area contributed by atoms with Crippen LogP contribution in [-0.2, 0) is 4.79 Å². The van der Waals surface area contributed by atoms with Gasteiger partial charge in [-0.2, -0.15) is 0 Å². The third kappa shape index (κ3) is 2.97. The Morgan fingerprint density at radius 2 is 2.05 bits per heavy atom. The van der Waals surface area contributed by atoms with Crippen molar-refractivity contribution in [3.8, 4) is 0 Å². The molecule has 3 rings (SSSR count). The first-order chi connectivity index (χ1) is 10.1. The molecule has 1 aliphatic heterocycles. The number of amides is 1. The Labute approximate surface area is 127 Å². The van der Waals surface area contributed by atoms with Gasteiger partial charge in [0.05, 0.1) is 6.04 Å². The van der Waals surface area contributed by atoms with Crippen molar-refractivity contribution in [2.75, 3.05) is 20.1 Å². The van der Waals surface area contributed by atoms with Crippen molar-refractivity contribution in [2.45, 2.75) is 44.9 Å². The summed E-state index contributed by atoms with van der Waals surface area (Å²) < 4.78 is 0. The number of hydrogen-bond donors (Lipinski definition) is 1. The Morgan fingerprint density at radius 1 is 1.33 bits per heavy atom. The molecule has 1 N–H and O–H groups in total. The lowest BCUT2D eigenvalue weighted by atomic mass is 10.1. The van der Waals surface area contributed by atoms with Crippen molar-refractivity contribution >= 4 is 5.91 Å². The Bertz CT molecular complexity index is 527. The predicted molar refractivity (Wildman–Crippen MR) is 83.9 cm³/mol. The number of hydrogen-bond acceptors (Lipinski definition) is 3. The van der Waals surface area contributed by atoms with Crippen LogP contribution in [0.5, 0.6) is 0 Å². The summed E-state index contributed by atoms with van der Waals surface area (Å²) in [6.07, 6.45) is 2.63. The average molecular weight is 287 g/mol. The summed E-state index contributed by atoms with van der Waals surface area (Å²) in [5.74, 6) is 0.215. The Balaban J connectivity index is 1.74. The van der Waals surface area contributed by atoms with Crippen LogP contribution in [0.4, 0.5) is 0 Å². The molecule has 0 bridgehead atoms. The summed E-state index contributed by atoms with van der Waals surface area (Å²) in [5, 5.41) is 3.44. The van der Waals surface area contributed by atoms with Crippen LogP contribution >= 0.6 is 0 Å². The molecule has 1 aromatic carbocycles. The Morgan fingerprint density at radius 3 is 2.71 bits per heavy atom. The number of rotatable bonds is 5. The predicted octanol–water partition coefficient (Wildman–Crippen LogP) is 1.91. The molecule has 1 saturated carbocycles. The summed E-state index contributed by atoms with van der Waals surface area (Å²) >= 11 is 0. The summed E-state index contributed by atoms with van der Waals surface area (Å²) in [6, 6.07) is 8.97. The quantitative estimate of drug-likeness (QED) is 0.898. The minimum atomic E-state index is -0.0964. The highest BCUT2D eigenvalue weighted by molar-refractivity contribution is 5.84. The van der Waals surface area contributed by atoms with Crippen molar-refractivity contribution in [1.82, 2.24) is 15.1 Å². The van der Waals surface area contributed by atoms with Crippen LogP contribution in [0, 0.1) is 6.92 Å². The van der Waals surface area contributed by atoms with Crippen LogP contribution in [0.25, 0.3) is 0 Å². The Kier molecular flexibility index (Phi) is 4.00. The molecule has 0 aromatic heterocycles. The summed E-state index contributed by atoms with van der Waals surface area (Å²) in [5.41, 5.74) is 2.45. The molecule has 2 unspecified atom stereocenters. The second-order valence-electron chi connectivity index (χ2n) is 6.39. The van der Waals surface area contributed by atoms with Crippen molar-refractivity contribution in [2.24, 2.45) is 0 Å². The molecule has 0 radical (unpaired) electrons. The van der Waals surface area contributed by atoms with E-state index in [0.717, 1.165) is 19.1 Å². The number of benzene rings is 1. The van der Waals surface area contributed by atoms with E-state index in [4.69, 9.17) is 0 Å². The standard InChI is InChI=1S/C17H25N3O/c1-12-6-4-5-7-15(12)16-18-13(2)17(21)20(16)11-10-19(3)14-8-9-14/h4-7,13-14,16,18H,8-11H2,1-3H3. The first kappa shape index (κ1) is 14.5. The highest BCUT2D eigenvalue weighted by Gasteiger charge is 2.38. The molecule has 1 amide bonds. The van der Waals surface area contributed by atoms with Gasteiger partial charge in [0.15, 0.2) is 0 Å². The van der Waals surface area contributed by atoms with E-state index in [-0.39, 0.29) is 18.1 Å². The number of carbonyl (C=O) groups excluding carboxylic acids is 1.